The molecule has 1 aliphatic carbocycles. The zero-order chi connectivity index (χ0) is 14.9. The van der Waals surface area contributed by atoms with E-state index in [0.29, 0.717) is 36.4 Å². The van der Waals surface area contributed by atoms with E-state index in [-0.39, 0.29) is 0 Å². The van der Waals surface area contributed by atoms with Crippen LogP contribution < -0.4 is 0 Å². The summed E-state index contributed by atoms with van der Waals surface area (Å²) in [7, 11) is 0. The van der Waals surface area contributed by atoms with E-state index in [1.54, 1.807) is 6.92 Å². The third-order valence-corrected chi connectivity index (χ3v) is 4.02. The zero-order valence-electron chi connectivity index (χ0n) is 12.3. The average molecular weight is 296 g/mol. The minimum absolute atomic E-state index is 0.320. The summed E-state index contributed by atoms with van der Waals surface area (Å²) in [5.74, 6) is 2.92. The first-order valence-electron chi connectivity index (χ1n) is 7.46. The summed E-state index contributed by atoms with van der Waals surface area (Å²) in [6, 6.07) is 8.51. The first-order valence-corrected chi connectivity index (χ1v) is 7.46. The molecule has 0 N–H and O–H groups in total. The topological polar surface area (TPSA) is 77.8 Å². The van der Waals surface area contributed by atoms with E-state index >= 15 is 0 Å². The number of hydrogen-bond donors (Lipinski definition) is 0. The summed E-state index contributed by atoms with van der Waals surface area (Å²) >= 11 is 0. The molecule has 3 aromatic rings. The van der Waals surface area contributed by atoms with Crippen LogP contribution in [0.1, 0.15) is 40.5 Å². The van der Waals surface area contributed by atoms with E-state index in [9.17, 15) is 0 Å². The van der Waals surface area contributed by atoms with Crippen molar-refractivity contribution >= 4 is 0 Å². The van der Waals surface area contributed by atoms with E-state index in [0.717, 1.165) is 18.7 Å². The maximum atomic E-state index is 5.35. The Morgan fingerprint density at radius 2 is 1.77 bits per heavy atom. The highest BCUT2D eigenvalue weighted by Crippen LogP contribution is 2.32. The summed E-state index contributed by atoms with van der Waals surface area (Å²) in [6.07, 6.45) is 3.21. The van der Waals surface area contributed by atoms with Crippen molar-refractivity contribution in [3.63, 3.8) is 0 Å². The minimum atomic E-state index is 0.320. The minimum Gasteiger partial charge on any atom is -0.426 e. The van der Waals surface area contributed by atoms with Crippen LogP contribution in [-0.4, -0.2) is 20.3 Å². The Balaban J connectivity index is 1.42. The van der Waals surface area contributed by atoms with Crippen LogP contribution in [-0.2, 0) is 25.7 Å². The summed E-state index contributed by atoms with van der Waals surface area (Å²) in [5.41, 5.74) is 2.78. The van der Waals surface area contributed by atoms with Gasteiger partial charge in [0.2, 0.25) is 17.7 Å². The smallest absolute Gasteiger partial charge is 0.227 e. The molecule has 0 unspecified atom stereocenters. The lowest BCUT2D eigenvalue weighted by molar-refractivity contribution is 0.364. The van der Waals surface area contributed by atoms with Gasteiger partial charge in [-0.3, -0.25) is 0 Å². The van der Waals surface area contributed by atoms with Crippen molar-refractivity contribution in [2.75, 3.05) is 0 Å². The van der Waals surface area contributed by atoms with Crippen LogP contribution in [0.2, 0.25) is 0 Å². The van der Waals surface area contributed by atoms with Gasteiger partial charge in [0.15, 0.2) is 5.82 Å². The molecule has 2 heterocycles. The molecule has 0 saturated heterocycles. The molecule has 0 spiro atoms. The highest BCUT2D eigenvalue weighted by Gasteiger charge is 2.26. The molecular weight excluding hydrogens is 280 g/mol. The van der Waals surface area contributed by atoms with Gasteiger partial charge in [-0.2, -0.15) is 4.98 Å². The molecule has 6 nitrogen and oxygen atoms in total. The van der Waals surface area contributed by atoms with Crippen LogP contribution >= 0.6 is 0 Å². The third-order valence-electron chi connectivity index (χ3n) is 4.02. The molecule has 22 heavy (non-hydrogen) atoms. The molecule has 1 aliphatic rings. The van der Waals surface area contributed by atoms with E-state index in [1.165, 1.54) is 11.1 Å². The van der Waals surface area contributed by atoms with Crippen LogP contribution in [0.3, 0.4) is 0 Å². The van der Waals surface area contributed by atoms with Crippen LogP contribution in [0.5, 0.6) is 0 Å². The fourth-order valence-electron chi connectivity index (χ4n) is 2.93. The standard InChI is InChI=1S/C16H16N4O2/c1-10-18-19-15(21-10)7-6-14-17-16(20-22-14)13-8-11-4-2-3-5-12(11)9-13/h2-5,13H,6-9H2,1H3. The zero-order valence-corrected chi connectivity index (χ0v) is 12.3. The van der Waals surface area contributed by atoms with E-state index in [4.69, 9.17) is 8.94 Å². The predicted octanol–water partition coefficient (Wildman–Crippen LogP) is 2.43. The average Bonchev–Trinajstić information content (AvgIpc) is 3.23. The molecule has 0 fully saturated rings. The molecule has 4 rings (SSSR count). The molecule has 0 radical (unpaired) electrons. The monoisotopic (exact) mass is 296 g/mol. The number of benzene rings is 1. The second-order valence-corrected chi connectivity index (χ2v) is 5.64. The number of hydrogen-bond acceptors (Lipinski definition) is 6. The Hall–Kier alpha value is -2.50. The van der Waals surface area contributed by atoms with Gasteiger partial charge in [-0.05, 0) is 24.0 Å². The van der Waals surface area contributed by atoms with E-state index in [2.05, 4.69) is 44.6 Å². The van der Waals surface area contributed by atoms with Crippen molar-refractivity contribution < 1.29 is 8.94 Å². The van der Waals surface area contributed by atoms with E-state index < -0.39 is 0 Å². The van der Waals surface area contributed by atoms with Gasteiger partial charge in [0.25, 0.3) is 0 Å². The lowest BCUT2D eigenvalue weighted by Gasteiger charge is -2.00. The lowest BCUT2D eigenvalue weighted by atomic mass is 10.1. The van der Waals surface area contributed by atoms with Crippen molar-refractivity contribution in [1.82, 2.24) is 20.3 Å². The SMILES string of the molecule is Cc1nnc(CCc2nc(C3Cc4ccccc4C3)no2)o1. The molecular formula is C16H16N4O2. The fourth-order valence-corrected chi connectivity index (χ4v) is 2.93. The van der Waals surface area contributed by atoms with Gasteiger partial charge in [-0.15, -0.1) is 10.2 Å². The largest absolute Gasteiger partial charge is 0.426 e. The van der Waals surface area contributed by atoms with Crippen molar-refractivity contribution in [2.24, 2.45) is 0 Å². The second kappa shape index (κ2) is 5.36. The number of fused-ring (bicyclic) bond motifs is 1. The summed E-state index contributed by atoms with van der Waals surface area (Å²) in [4.78, 5) is 4.53. The van der Waals surface area contributed by atoms with Crippen molar-refractivity contribution in [3.8, 4) is 0 Å². The maximum absolute atomic E-state index is 5.35. The summed E-state index contributed by atoms with van der Waals surface area (Å²) in [6.45, 7) is 1.78. The number of aromatic nitrogens is 4. The second-order valence-electron chi connectivity index (χ2n) is 5.64. The first kappa shape index (κ1) is 13.2. The summed E-state index contributed by atoms with van der Waals surface area (Å²) in [5, 5.41) is 11.9. The van der Waals surface area contributed by atoms with Crippen LogP contribution in [0.15, 0.2) is 33.2 Å². The molecule has 2 aromatic heterocycles. The van der Waals surface area contributed by atoms with Gasteiger partial charge in [-0.1, -0.05) is 29.4 Å². The highest BCUT2D eigenvalue weighted by atomic mass is 16.5. The molecule has 0 aliphatic heterocycles. The molecule has 0 amide bonds. The number of nitrogens with zero attached hydrogens (tertiary/aromatic N) is 4. The number of rotatable bonds is 4. The van der Waals surface area contributed by atoms with Crippen LogP contribution in [0.4, 0.5) is 0 Å². The van der Waals surface area contributed by atoms with Crippen molar-refractivity contribution in [2.45, 2.75) is 38.5 Å². The lowest BCUT2D eigenvalue weighted by Crippen LogP contribution is -2.01. The molecule has 112 valence electrons. The fraction of sp³-hybridized carbons (Fsp3) is 0.375. The molecule has 6 heteroatoms. The molecule has 0 atom stereocenters. The normalized spacial score (nSPS) is 14.4. The Labute approximate surface area is 127 Å². The van der Waals surface area contributed by atoms with Gasteiger partial charge < -0.3 is 8.94 Å². The highest BCUT2D eigenvalue weighted by molar-refractivity contribution is 5.34. The first-order chi connectivity index (χ1) is 10.8. The van der Waals surface area contributed by atoms with Crippen molar-refractivity contribution in [3.05, 3.63) is 58.9 Å². The summed E-state index contributed by atoms with van der Waals surface area (Å²) < 4.78 is 10.7. The Bertz CT molecular complexity index is 768. The van der Waals surface area contributed by atoms with Crippen molar-refractivity contribution in [1.29, 1.82) is 0 Å². The van der Waals surface area contributed by atoms with Gasteiger partial charge in [0.05, 0.1) is 0 Å². The number of aryl methyl sites for hydroxylation is 3. The Kier molecular flexibility index (Phi) is 3.21. The van der Waals surface area contributed by atoms with Crippen LogP contribution in [0.25, 0.3) is 0 Å². The van der Waals surface area contributed by atoms with Gasteiger partial charge in [-0.25, -0.2) is 0 Å². The van der Waals surface area contributed by atoms with Gasteiger partial charge in [0.1, 0.15) is 0 Å². The van der Waals surface area contributed by atoms with Crippen LogP contribution in [0, 0.1) is 6.92 Å². The van der Waals surface area contributed by atoms with Gasteiger partial charge >= 0.3 is 0 Å². The Morgan fingerprint density at radius 3 is 2.45 bits per heavy atom. The Morgan fingerprint density at radius 1 is 1.05 bits per heavy atom. The molecule has 0 bridgehead atoms. The molecule has 1 aromatic carbocycles. The van der Waals surface area contributed by atoms with E-state index in [1.807, 2.05) is 0 Å². The molecule has 0 saturated carbocycles. The van der Waals surface area contributed by atoms with Gasteiger partial charge in [0, 0.05) is 25.7 Å². The quantitative estimate of drug-likeness (QED) is 0.736. The third kappa shape index (κ3) is 2.52. The maximum Gasteiger partial charge on any atom is 0.227 e. The predicted molar refractivity (Wildman–Crippen MR) is 77.3 cm³/mol.